The molecular formula is C14H21F2N3O2. The average molecular weight is 301 g/mol. The van der Waals surface area contributed by atoms with Crippen LogP contribution < -0.4 is 5.32 Å². The Kier molecular flexibility index (Phi) is 4.06. The second kappa shape index (κ2) is 5.36. The molecule has 1 aromatic heterocycles. The minimum absolute atomic E-state index is 0.0397. The Bertz CT molecular complexity index is 540. The van der Waals surface area contributed by atoms with E-state index in [4.69, 9.17) is 5.11 Å². The average Bonchev–Trinajstić information content (AvgIpc) is 2.67. The molecule has 21 heavy (non-hydrogen) atoms. The monoisotopic (exact) mass is 301 g/mol. The molecule has 1 fully saturated rings. The largest absolute Gasteiger partial charge is 0.477 e. The van der Waals surface area contributed by atoms with Crippen LogP contribution in [0.2, 0.25) is 0 Å². The highest BCUT2D eigenvalue weighted by molar-refractivity contribution is 5.85. The van der Waals surface area contributed by atoms with Gasteiger partial charge in [0.2, 0.25) is 5.92 Å². The number of hydrogen-bond acceptors (Lipinski definition) is 3. The van der Waals surface area contributed by atoms with Crippen molar-refractivity contribution in [2.24, 2.45) is 12.5 Å². The summed E-state index contributed by atoms with van der Waals surface area (Å²) >= 11 is 0. The molecule has 0 aromatic carbocycles. The van der Waals surface area contributed by atoms with Gasteiger partial charge in [-0.1, -0.05) is 13.8 Å². The maximum Gasteiger partial charge on any atom is 0.354 e. The molecule has 1 saturated carbocycles. The Morgan fingerprint density at radius 1 is 1.57 bits per heavy atom. The van der Waals surface area contributed by atoms with Gasteiger partial charge in [0.15, 0.2) is 0 Å². The van der Waals surface area contributed by atoms with Gasteiger partial charge in [-0.05, 0) is 11.8 Å². The fourth-order valence-corrected chi connectivity index (χ4v) is 3.03. The number of aromatic carboxylic acids is 1. The van der Waals surface area contributed by atoms with E-state index in [2.05, 4.69) is 10.3 Å². The standard InChI is InChI=1S/C14H21F2N3O2/c1-13(2)8-14(15,16)5-4-10(13)17-7-11-18-6-9(12(20)21)19(11)3/h6,10,17H,4-5,7-8H2,1-3H3,(H,20,21). The zero-order valence-electron chi connectivity index (χ0n) is 12.5. The first-order chi connectivity index (χ1) is 9.62. The Morgan fingerprint density at radius 3 is 2.76 bits per heavy atom. The van der Waals surface area contributed by atoms with Gasteiger partial charge in [-0.15, -0.1) is 0 Å². The molecule has 2 rings (SSSR count). The van der Waals surface area contributed by atoms with Crippen LogP contribution in [-0.4, -0.2) is 32.6 Å². The van der Waals surface area contributed by atoms with Crippen molar-refractivity contribution < 1.29 is 18.7 Å². The first-order valence-electron chi connectivity index (χ1n) is 6.97. The topological polar surface area (TPSA) is 67.2 Å². The summed E-state index contributed by atoms with van der Waals surface area (Å²) < 4.78 is 28.5. The predicted molar refractivity (Wildman–Crippen MR) is 73.4 cm³/mol. The van der Waals surface area contributed by atoms with Crippen molar-refractivity contribution >= 4 is 5.97 Å². The lowest BCUT2D eigenvalue weighted by Gasteiger charge is -2.42. The number of nitrogens with one attached hydrogen (secondary N) is 1. The van der Waals surface area contributed by atoms with Crippen molar-refractivity contribution in [1.29, 1.82) is 0 Å². The van der Waals surface area contributed by atoms with Crippen molar-refractivity contribution in [3.05, 3.63) is 17.7 Å². The number of imidazole rings is 1. The smallest absolute Gasteiger partial charge is 0.354 e. The fourth-order valence-electron chi connectivity index (χ4n) is 3.03. The van der Waals surface area contributed by atoms with Gasteiger partial charge >= 0.3 is 5.97 Å². The van der Waals surface area contributed by atoms with Gasteiger partial charge in [-0.2, -0.15) is 0 Å². The van der Waals surface area contributed by atoms with Gasteiger partial charge in [0, 0.05) is 25.9 Å². The number of carboxylic acid groups (broad SMARTS) is 1. The van der Waals surface area contributed by atoms with Gasteiger partial charge in [-0.3, -0.25) is 0 Å². The molecule has 0 bridgehead atoms. The molecule has 7 heteroatoms. The molecule has 1 aliphatic carbocycles. The second-order valence-electron chi connectivity index (χ2n) is 6.42. The lowest BCUT2D eigenvalue weighted by molar-refractivity contribution is -0.0853. The fraction of sp³-hybridized carbons (Fsp3) is 0.714. The van der Waals surface area contributed by atoms with Gasteiger partial charge < -0.3 is 15.0 Å². The van der Waals surface area contributed by atoms with Crippen LogP contribution in [-0.2, 0) is 13.6 Å². The molecule has 0 amide bonds. The van der Waals surface area contributed by atoms with E-state index in [1.54, 1.807) is 7.05 Å². The number of alkyl halides is 2. The number of halogens is 2. The highest BCUT2D eigenvalue weighted by Crippen LogP contribution is 2.44. The van der Waals surface area contributed by atoms with Crippen LogP contribution in [0.5, 0.6) is 0 Å². The van der Waals surface area contributed by atoms with Crippen molar-refractivity contribution in [2.45, 2.75) is 51.6 Å². The third-order valence-electron chi connectivity index (χ3n) is 4.27. The van der Waals surface area contributed by atoms with Crippen LogP contribution in [0.1, 0.15) is 49.4 Å². The Morgan fingerprint density at radius 2 is 2.24 bits per heavy atom. The normalized spacial score (nSPS) is 24.0. The predicted octanol–water partition coefficient (Wildman–Crippen LogP) is 2.42. The Labute approximate surface area is 122 Å². The molecule has 1 unspecified atom stereocenters. The summed E-state index contributed by atoms with van der Waals surface area (Å²) in [5, 5.41) is 12.2. The van der Waals surface area contributed by atoms with E-state index in [-0.39, 0.29) is 24.6 Å². The molecule has 1 atom stereocenters. The summed E-state index contributed by atoms with van der Waals surface area (Å²) in [5.41, 5.74) is -0.399. The third kappa shape index (κ3) is 3.40. The number of rotatable bonds is 4. The Hall–Kier alpha value is -1.50. The zero-order valence-corrected chi connectivity index (χ0v) is 12.5. The van der Waals surface area contributed by atoms with E-state index < -0.39 is 17.3 Å². The number of hydrogen-bond donors (Lipinski definition) is 2. The molecule has 5 nitrogen and oxygen atoms in total. The molecule has 0 radical (unpaired) electrons. The molecular weight excluding hydrogens is 280 g/mol. The molecule has 0 saturated heterocycles. The quantitative estimate of drug-likeness (QED) is 0.896. The van der Waals surface area contributed by atoms with Crippen molar-refractivity contribution in [3.8, 4) is 0 Å². The maximum atomic E-state index is 13.5. The molecule has 1 aliphatic rings. The highest BCUT2D eigenvalue weighted by atomic mass is 19.3. The number of carboxylic acids is 1. The highest BCUT2D eigenvalue weighted by Gasteiger charge is 2.45. The van der Waals surface area contributed by atoms with Gasteiger partial charge in [-0.25, -0.2) is 18.6 Å². The van der Waals surface area contributed by atoms with Gasteiger partial charge in [0.1, 0.15) is 11.5 Å². The van der Waals surface area contributed by atoms with E-state index in [9.17, 15) is 13.6 Å². The lowest BCUT2D eigenvalue weighted by atomic mass is 9.71. The van der Waals surface area contributed by atoms with Crippen LogP contribution in [0.4, 0.5) is 8.78 Å². The summed E-state index contributed by atoms with van der Waals surface area (Å²) in [6.45, 7) is 4.03. The van der Waals surface area contributed by atoms with E-state index in [0.29, 0.717) is 18.8 Å². The van der Waals surface area contributed by atoms with Gasteiger partial charge in [0.05, 0.1) is 12.7 Å². The van der Waals surface area contributed by atoms with Crippen molar-refractivity contribution in [3.63, 3.8) is 0 Å². The van der Waals surface area contributed by atoms with Crippen molar-refractivity contribution in [2.75, 3.05) is 0 Å². The number of nitrogens with zero attached hydrogens (tertiary/aromatic N) is 2. The summed E-state index contributed by atoms with van der Waals surface area (Å²) in [7, 11) is 1.63. The van der Waals surface area contributed by atoms with E-state index in [1.807, 2.05) is 13.8 Å². The number of carbonyl (C=O) groups is 1. The SMILES string of the molecule is Cn1c(C(=O)O)cnc1CNC1CCC(F)(F)CC1(C)C. The van der Waals surface area contributed by atoms with Crippen LogP contribution in [0, 0.1) is 5.41 Å². The zero-order chi connectivity index (χ0) is 15.8. The first kappa shape index (κ1) is 15.9. The van der Waals surface area contributed by atoms with E-state index in [1.165, 1.54) is 10.8 Å². The first-order valence-corrected chi connectivity index (χ1v) is 6.97. The minimum atomic E-state index is -2.60. The summed E-state index contributed by atoms with van der Waals surface area (Å²) in [6.07, 6.45) is 1.45. The Balaban J connectivity index is 2.02. The summed E-state index contributed by atoms with van der Waals surface area (Å²) in [4.78, 5) is 15.0. The van der Waals surface area contributed by atoms with Crippen LogP contribution in [0.25, 0.3) is 0 Å². The van der Waals surface area contributed by atoms with Crippen LogP contribution in [0.3, 0.4) is 0 Å². The minimum Gasteiger partial charge on any atom is -0.477 e. The van der Waals surface area contributed by atoms with Gasteiger partial charge in [0.25, 0.3) is 0 Å². The third-order valence-corrected chi connectivity index (χ3v) is 4.27. The number of aromatic nitrogens is 2. The maximum absolute atomic E-state index is 13.5. The summed E-state index contributed by atoms with van der Waals surface area (Å²) in [5.74, 6) is -3.05. The molecule has 0 aliphatic heterocycles. The van der Waals surface area contributed by atoms with E-state index in [0.717, 1.165) is 0 Å². The van der Waals surface area contributed by atoms with Crippen LogP contribution >= 0.6 is 0 Å². The molecule has 2 N–H and O–H groups in total. The molecule has 1 heterocycles. The molecule has 118 valence electrons. The summed E-state index contributed by atoms with van der Waals surface area (Å²) in [6, 6.07) is -0.0397. The molecule has 0 spiro atoms. The van der Waals surface area contributed by atoms with E-state index >= 15 is 0 Å². The van der Waals surface area contributed by atoms with Crippen LogP contribution in [0.15, 0.2) is 6.20 Å². The van der Waals surface area contributed by atoms with Crippen molar-refractivity contribution in [1.82, 2.24) is 14.9 Å². The second-order valence-corrected chi connectivity index (χ2v) is 6.42. The lowest BCUT2D eigenvalue weighted by Crippen LogP contribution is -2.49. The molecule has 1 aromatic rings.